The molecule has 6 nitrogen and oxygen atoms in total. The number of halogens is 2. The number of carbonyl (C=O) groups excluding carboxylic acids is 1. The summed E-state index contributed by atoms with van der Waals surface area (Å²) in [4.78, 5) is 19.8. The molecule has 2 aliphatic rings. The number of hydrogen-bond acceptors (Lipinski definition) is 7. The third-order valence-electron chi connectivity index (χ3n) is 7.02. The SMILES string of the molecule is C.C.C.O=C(CSc1nc(-c2cccc(NC3CCNCC3)c2)cs1)NC1CCN(Cc2ccc(Cl)c(Cl)c2)CC1. The fourth-order valence-electron chi connectivity index (χ4n) is 4.95. The maximum atomic E-state index is 12.6. The van der Waals surface area contributed by atoms with E-state index in [9.17, 15) is 4.79 Å². The van der Waals surface area contributed by atoms with Gasteiger partial charge in [0.2, 0.25) is 5.91 Å². The summed E-state index contributed by atoms with van der Waals surface area (Å²) >= 11 is 15.3. The number of piperidine rings is 2. The molecule has 3 heterocycles. The van der Waals surface area contributed by atoms with Gasteiger partial charge in [-0.3, -0.25) is 9.69 Å². The van der Waals surface area contributed by atoms with E-state index in [2.05, 4.69) is 50.5 Å². The second-order valence-electron chi connectivity index (χ2n) is 9.90. The normalized spacial score (nSPS) is 16.1. The van der Waals surface area contributed by atoms with Crippen LogP contribution in [0.5, 0.6) is 0 Å². The maximum absolute atomic E-state index is 12.6. The van der Waals surface area contributed by atoms with Gasteiger partial charge in [-0.2, -0.15) is 0 Å². The summed E-state index contributed by atoms with van der Waals surface area (Å²) in [6.45, 7) is 4.87. The summed E-state index contributed by atoms with van der Waals surface area (Å²) in [5.41, 5.74) is 4.36. The van der Waals surface area contributed by atoms with E-state index in [-0.39, 0.29) is 34.2 Å². The molecule has 2 saturated heterocycles. The first kappa shape index (κ1) is 35.4. The van der Waals surface area contributed by atoms with E-state index in [1.54, 1.807) is 11.3 Å². The van der Waals surface area contributed by atoms with Gasteiger partial charge in [-0.05, 0) is 68.6 Å². The number of rotatable bonds is 9. The maximum Gasteiger partial charge on any atom is 0.230 e. The van der Waals surface area contributed by atoms with Crippen molar-refractivity contribution in [3.05, 3.63) is 63.5 Å². The van der Waals surface area contributed by atoms with Crippen LogP contribution < -0.4 is 16.0 Å². The predicted octanol–water partition coefficient (Wildman–Crippen LogP) is 8.06. The Hall–Kier alpha value is -1.81. The smallest absolute Gasteiger partial charge is 0.230 e. The van der Waals surface area contributed by atoms with E-state index >= 15 is 0 Å². The zero-order valence-corrected chi connectivity index (χ0v) is 24.4. The second-order valence-corrected chi connectivity index (χ2v) is 12.8. The molecule has 0 radical (unpaired) electrons. The first-order valence-corrected chi connectivity index (χ1v) is 15.8. The van der Waals surface area contributed by atoms with Crippen molar-refractivity contribution < 1.29 is 4.79 Å². The molecule has 226 valence electrons. The molecule has 2 aliphatic heterocycles. The number of aromatic nitrogens is 1. The number of carbonyl (C=O) groups is 1. The van der Waals surface area contributed by atoms with Gasteiger partial charge in [0, 0.05) is 48.3 Å². The molecule has 5 rings (SSSR count). The topological polar surface area (TPSA) is 69.3 Å². The number of amides is 1. The summed E-state index contributed by atoms with van der Waals surface area (Å²) in [5, 5.41) is 13.5. The molecule has 0 atom stereocenters. The number of benzene rings is 2. The molecule has 3 aromatic rings. The summed E-state index contributed by atoms with van der Waals surface area (Å²) in [7, 11) is 0. The highest BCUT2D eigenvalue weighted by Gasteiger charge is 2.21. The third-order valence-corrected chi connectivity index (χ3v) is 9.78. The highest BCUT2D eigenvalue weighted by molar-refractivity contribution is 8.01. The van der Waals surface area contributed by atoms with Gasteiger partial charge in [0.25, 0.3) is 0 Å². The van der Waals surface area contributed by atoms with Gasteiger partial charge in [0.05, 0.1) is 21.5 Å². The molecule has 0 bridgehead atoms. The number of nitrogens with one attached hydrogen (secondary N) is 3. The Morgan fingerprint density at radius 2 is 1.76 bits per heavy atom. The van der Waals surface area contributed by atoms with Crippen LogP contribution in [0.1, 0.15) is 53.5 Å². The van der Waals surface area contributed by atoms with Crippen molar-refractivity contribution in [3.8, 4) is 11.3 Å². The van der Waals surface area contributed by atoms with E-state index in [4.69, 9.17) is 28.2 Å². The van der Waals surface area contributed by atoms with Crippen molar-refractivity contribution in [2.75, 3.05) is 37.2 Å². The average Bonchev–Trinajstić information content (AvgIpc) is 3.41. The standard InChI is InChI=1S/C28H33Cl2N5OS2.3CH4/c29-24-5-4-19(14-25(24)30)16-35-12-8-22(9-13-35)33-27(36)18-38-28-34-26(17-37-28)20-2-1-3-23(15-20)32-21-6-10-31-11-7-21;;;/h1-5,14-15,17,21-22,31-32H,6-13,16,18H2,(H,33,36);3*1H4. The molecule has 10 heteroatoms. The first-order chi connectivity index (χ1) is 18.5. The number of thioether (sulfide) groups is 1. The molecule has 0 unspecified atom stereocenters. The van der Waals surface area contributed by atoms with Crippen LogP contribution in [0.2, 0.25) is 10.0 Å². The van der Waals surface area contributed by atoms with Crippen molar-refractivity contribution in [3.63, 3.8) is 0 Å². The van der Waals surface area contributed by atoms with E-state index in [1.807, 2.05) is 18.2 Å². The molecule has 3 N–H and O–H groups in total. The summed E-state index contributed by atoms with van der Waals surface area (Å²) < 4.78 is 0.920. The molecule has 2 fully saturated rings. The van der Waals surface area contributed by atoms with Crippen LogP contribution in [-0.4, -0.2) is 59.8 Å². The zero-order chi connectivity index (χ0) is 26.3. The van der Waals surface area contributed by atoms with Gasteiger partial charge in [-0.15, -0.1) is 11.3 Å². The molecule has 0 saturated carbocycles. The highest BCUT2D eigenvalue weighted by Crippen LogP contribution is 2.30. The van der Waals surface area contributed by atoms with Crippen molar-refractivity contribution in [1.29, 1.82) is 0 Å². The van der Waals surface area contributed by atoms with Crippen LogP contribution in [0.25, 0.3) is 11.3 Å². The van der Waals surface area contributed by atoms with Gasteiger partial charge in [-0.25, -0.2) is 4.98 Å². The van der Waals surface area contributed by atoms with E-state index < -0.39 is 0 Å². The Labute approximate surface area is 265 Å². The minimum Gasteiger partial charge on any atom is -0.382 e. The van der Waals surface area contributed by atoms with Crippen molar-refractivity contribution in [2.45, 2.75) is 70.9 Å². The van der Waals surface area contributed by atoms with Crippen LogP contribution in [0.3, 0.4) is 0 Å². The Bertz CT molecular complexity index is 1230. The lowest BCUT2D eigenvalue weighted by Crippen LogP contribution is -2.44. The van der Waals surface area contributed by atoms with Crippen LogP contribution >= 0.6 is 46.3 Å². The van der Waals surface area contributed by atoms with Crippen molar-refractivity contribution in [1.82, 2.24) is 20.5 Å². The molecule has 1 aromatic heterocycles. The molecule has 2 aromatic carbocycles. The lowest BCUT2D eigenvalue weighted by atomic mass is 10.0. The highest BCUT2D eigenvalue weighted by atomic mass is 35.5. The molecular weight excluding hydrogens is 593 g/mol. The Morgan fingerprint density at radius 1 is 1.00 bits per heavy atom. The predicted molar refractivity (Wildman–Crippen MR) is 181 cm³/mol. The Kier molecular flexibility index (Phi) is 15.0. The van der Waals surface area contributed by atoms with Gasteiger partial charge >= 0.3 is 0 Å². The van der Waals surface area contributed by atoms with Crippen LogP contribution in [-0.2, 0) is 11.3 Å². The summed E-state index contributed by atoms with van der Waals surface area (Å²) in [6.07, 6.45) is 4.17. The fourth-order valence-corrected chi connectivity index (χ4v) is 6.92. The van der Waals surface area contributed by atoms with E-state index in [1.165, 1.54) is 11.8 Å². The number of likely N-dealkylation sites (tertiary alicyclic amines) is 1. The quantitative estimate of drug-likeness (QED) is 0.206. The van der Waals surface area contributed by atoms with Crippen molar-refractivity contribution >= 4 is 57.9 Å². The minimum atomic E-state index is 0. The molecule has 1 amide bonds. The van der Waals surface area contributed by atoms with Crippen LogP contribution in [0.4, 0.5) is 5.69 Å². The number of nitrogens with zero attached hydrogens (tertiary/aromatic N) is 2. The Morgan fingerprint density at radius 3 is 2.49 bits per heavy atom. The van der Waals surface area contributed by atoms with E-state index in [0.717, 1.165) is 85.3 Å². The van der Waals surface area contributed by atoms with Gasteiger partial charge in [-0.1, -0.05) is 75.4 Å². The molecule has 0 aliphatic carbocycles. The third kappa shape index (κ3) is 10.4. The van der Waals surface area contributed by atoms with Gasteiger partial charge in [0.15, 0.2) is 4.34 Å². The zero-order valence-electron chi connectivity index (χ0n) is 21.2. The number of anilines is 1. The minimum absolute atomic E-state index is 0. The lowest BCUT2D eigenvalue weighted by molar-refractivity contribution is -0.119. The molecule has 41 heavy (non-hydrogen) atoms. The number of hydrogen-bond donors (Lipinski definition) is 3. The van der Waals surface area contributed by atoms with Gasteiger partial charge < -0.3 is 16.0 Å². The fraction of sp³-hybridized carbons (Fsp3) is 0.484. The monoisotopic (exact) mass is 637 g/mol. The average molecular weight is 639 g/mol. The van der Waals surface area contributed by atoms with E-state index in [0.29, 0.717) is 21.8 Å². The summed E-state index contributed by atoms with van der Waals surface area (Å²) in [5.74, 6) is 0.455. The molecular formula is C31H45Cl2N5OS2. The summed E-state index contributed by atoms with van der Waals surface area (Å²) in [6, 6.07) is 15.0. The Balaban J connectivity index is 0.00000196. The van der Waals surface area contributed by atoms with Crippen molar-refractivity contribution in [2.24, 2.45) is 0 Å². The number of thiazole rings is 1. The molecule has 0 spiro atoms. The first-order valence-electron chi connectivity index (χ1n) is 13.1. The van der Waals surface area contributed by atoms with Gasteiger partial charge in [0.1, 0.15) is 0 Å². The second kappa shape index (κ2) is 17.3. The lowest BCUT2D eigenvalue weighted by Gasteiger charge is -2.32. The largest absolute Gasteiger partial charge is 0.382 e. The van der Waals surface area contributed by atoms with Crippen LogP contribution in [0, 0.1) is 0 Å². The van der Waals surface area contributed by atoms with Crippen LogP contribution in [0.15, 0.2) is 52.2 Å².